The summed E-state index contributed by atoms with van der Waals surface area (Å²) in [5, 5.41) is 8.03. The quantitative estimate of drug-likeness (QED) is 0.877. The minimum atomic E-state index is -4.07. The molecule has 15 heavy (non-hydrogen) atoms. The molecule has 0 atom stereocenters. The molecule has 1 aromatic rings. The molecule has 0 saturated carbocycles. The average molecular weight is 237 g/mol. The Morgan fingerprint density at radius 2 is 2.13 bits per heavy atom. The first-order valence-electron chi connectivity index (χ1n) is 3.85. The van der Waals surface area contributed by atoms with Crippen LogP contribution in [-0.4, -0.2) is 18.2 Å². The molecule has 0 bridgehead atoms. The lowest BCUT2D eigenvalue weighted by Crippen LogP contribution is -2.26. The Morgan fingerprint density at radius 1 is 1.53 bits per heavy atom. The Balaban J connectivity index is 3.41. The number of aliphatic carboxylic acids is 1. The highest BCUT2D eigenvalue weighted by Gasteiger charge is 2.45. The van der Waals surface area contributed by atoms with Crippen LogP contribution in [0.1, 0.15) is 5.56 Å². The number of halogens is 3. The molecule has 1 N–H and O–H groups in total. The number of carboxylic acids is 1. The predicted octanol–water partition coefficient (Wildman–Crippen LogP) is 2.53. The summed E-state index contributed by atoms with van der Waals surface area (Å²) < 4.78 is 31.1. The van der Waals surface area contributed by atoms with E-state index in [0.717, 1.165) is 7.11 Å². The first kappa shape index (κ1) is 11.7. The van der Waals surface area contributed by atoms with Crippen molar-refractivity contribution in [3.63, 3.8) is 0 Å². The van der Waals surface area contributed by atoms with Gasteiger partial charge in [-0.3, -0.25) is 0 Å². The van der Waals surface area contributed by atoms with E-state index in [1.807, 2.05) is 0 Å². The summed E-state index contributed by atoms with van der Waals surface area (Å²) in [6.45, 7) is 0. The largest absolute Gasteiger partial charge is 0.496 e. The molecule has 0 saturated heterocycles. The first-order valence-corrected chi connectivity index (χ1v) is 4.23. The standard InChI is InChI=1S/C9H7ClF2O3/c1-15-6-4-2-3-5(10)7(6)9(11,12)8(13)14/h2-4H,1H3,(H,13,14). The molecular formula is C9H7ClF2O3. The fraction of sp³-hybridized carbons (Fsp3) is 0.222. The van der Waals surface area contributed by atoms with Crippen LogP contribution in [-0.2, 0) is 10.7 Å². The third-order valence-corrected chi connectivity index (χ3v) is 2.09. The van der Waals surface area contributed by atoms with E-state index in [1.54, 1.807) is 0 Å². The van der Waals surface area contributed by atoms with E-state index in [2.05, 4.69) is 4.74 Å². The van der Waals surface area contributed by atoms with Gasteiger partial charge in [-0.2, -0.15) is 8.78 Å². The van der Waals surface area contributed by atoms with E-state index in [0.29, 0.717) is 0 Å². The summed E-state index contributed by atoms with van der Waals surface area (Å²) in [4.78, 5) is 10.4. The van der Waals surface area contributed by atoms with Gasteiger partial charge in [-0.15, -0.1) is 0 Å². The second kappa shape index (κ2) is 4.02. The molecule has 1 rings (SSSR count). The average Bonchev–Trinajstić information content (AvgIpc) is 2.16. The van der Waals surface area contributed by atoms with Gasteiger partial charge < -0.3 is 9.84 Å². The van der Waals surface area contributed by atoms with Crippen LogP contribution in [0, 0.1) is 0 Å². The number of carboxylic acid groups (broad SMARTS) is 1. The zero-order valence-corrected chi connectivity index (χ0v) is 8.39. The summed E-state index contributed by atoms with van der Waals surface area (Å²) in [5.41, 5.74) is -0.832. The van der Waals surface area contributed by atoms with Gasteiger partial charge in [0.1, 0.15) is 5.75 Å². The lowest BCUT2D eigenvalue weighted by atomic mass is 10.1. The monoisotopic (exact) mass is 236 g/mol. The Labute approximate surface area is 89.2 Å². The second-order valence-corrected chi connectivity index (χ2v) is 3.10. The zero-order valence-electron chi connectivity index (χ0n) is 7.63. The van der Waals surface area contributed by atoms with Gasteiger partial charge >= 0.3 is 11.9 Å². The van der Waals surface area contributed by atoms with Crippen molar-refractivity contribution in [2.24, 2.45) is 0 Å². The van der Waals surface area contributed by atoms with Crippen molar-refractivity contribution in [3.05, 3.63) is 28.8 Å². The molecule has 82 valence electrons. The van der Waals surface area contributed by atoms with Gasteiger partial charge in [-0.1, -0.05) is 17.7 Å². The van der Waals surface area contributed by atoms with Crippen LogP contribution in [0.15, 0.2) is 18.2 Å². The Bertz CT molecular complexity index is 393. The molecule has 0 aliphatic heterocycles. The molecule has 0 fully saturated rings. The minimum absolute atomic E-state index is 0.255. The predicted molar refractivity (Wildman–Crippen MR) is 49.5 cm³/mol. The SMILES string of the molecule is COc1cccc(Cl)c1C(F)(F)C(=O)O. The number of hydrogen-bond acceptors (Lipinski definition) is 2. The second-order valence-electron chi connectivity index (χ2n) is 2.70. The summed E-state index contributed by atoms with van der Waals surface area (Å²) in [6, 6.07) is 3.79. The fourth-order valence-electron chi connectivity index (χ4n) is 1.09. The van der Waals surface area contributed by atoms with Gasteiger partial charge in [-0.25, -0.2) is 4.79 Å². The highest BCUT2D eigenvalue weighted by Crippen LogP contribution is 2.39. The summed E-state index contributed by atoms with van der Waals surface area (Å²) >= 11 is 5.51. The van der Waals surface area contributed by atoms with Crippen molar-refractivity contribution >= 4 is 17.6 Å². The van der Waals surface area contributed by atoms with Crippen molar-refractivity contribution in [1.29, 1.82) is 0 Å². The lowest BCUT2D eigenvalue weighted by Gasteiger charge is -2.16. The molecule has 1 aromatic carbocycles. The van der Waals surface area contributed by atoms with Crippen molar-refractivity contribution in [3.8, 4) is 5.75 Å². The van der Waals surface area contributed by atoms with E-state index in [4.69, 9.17) is 16.7 Å². The third-order valence-electron chi connectivity index (χ3n) is 1.78. The van der Waals surface area contributed by atoms with Gasteiger partial charge in [0.15, 0.2) is 0 Å². The van der Waals surface area contributed by atoms with Crippen LogP contribution in [0.5, 0.6) is 5.75 Å². The number of rotatable bonds is 3. The topological polar surface area (TPSA) is 46.5 Å². The van der Waals surface area contributed by atoms with Crippen LogP contribution in [0.3, 0.4) is 0 Å². The molecule has 0 heterocycles. The molecule has 0 radical (unpaired) electrons. The maximum absolute atomic E-state index is 13.2. The Hall–Kier alpha value is -1.36. The molecule has 0 spiro atoms. The third kappa shape index (κ3) is 2.02. The smallest absolute Gasteiger partial charge is 0.379 e. The molecule has 3 nitrogen and oxygen atoms in total. The number of alkyl halides is 2. The number of ether oxygens (including phenoxy) is 1. The summed E-state index contributed by atoms with van der Waals surface area (Å²) in [6.07, 6.45) is 0. The van der Waals surface area contributed by atoms with Crippen molar-refractivity contribution in [1.82, 2.24) is 0 Å². The highest BCUT2D eigenvalue weighted by atomic mass is 35.5. The number of methoxy groups -OCH3 is 1. The van der Waals surface area contributed by atoms with Crippen molar-refractivity contribution in [2.75, 3.05) is 7.11 Å². The van der Waals surface area contributed by atoms with E-state index >= 15 is 0 Å². The van der Waals surface area contributed by atoms with Crippen molar-refractivity contribution < 1.29 is 23.4 Å². The number of carbonyl (C=O) groups is 1. The van der Waals surface area contributed by atoms with E-state index in [-0.39, 0.29) is 10.8 Å². The Kier molecular flexibility index (Phi) is 3.14. The number of benzene rings is 1. The molecule has 0 aliphatic rings. The van der Waals surface area contributed by atoms with Gasteiger partial charge in [0.25, 0.3) is 0 Å². The zero-order chi connectivity index (χ0) is 11.6. The summed E-state index contributed by atoms with van der Waals surface area (Å²) in [5.74, 6) is -6.59. The number of hydrogen-bond donors (Lipinski definition) is 1. The Morgan fingerprint density at radius 3 is 2.60 bits per heavy atom. The molecule has 6 heteroatoms. The van der Waals surface area contributed by atoms with Crippen LogP contribution >= 0.6 is 11.6 Å². The van der Waals surface area contributed by atoms with E-state index < -0.39 is 17.5 Å². The van der Waals surface area contributed by atoms with Crippen molar-refractivity contribution in [2.45, 2.75) is 5.92 Å². The van der Waals surface area contributed by atoms with Crippen LogP contribution < -0.4 is 4.74 Å². The molecule has 0 unspecified atom stereocenters. The molecule has 0 amide bonds. The van der Waals surface area contributed by atoms with E-state index in [9.17, 15) is 13.6 Å². The minimum Gasteiger partial charge on any atom is -0.496 e. The van der Waals surface area contributed by atoms with Crippen LogP contribution in [0.25, 0.3) is 0 Å². The van der Waals surface area contributed by atoms with Crippen LogP contribution in [0.2, 0.25) is 5.02 Å². The van der Waals surface area contributed by atoms with Gasteiger partial charge in [0.2, 0.25) is 0 Å². The summed E-state index contributed by atoms with van der Waals surface area (Å²) in [7, 11) is 1.16. The lowest BCUT2D eigenvalue weighted by molar-refractivity contribution is -0.166. The van der Waals surface area contributed by atoms with Gasteiger partial charge in [-0.05, 0) is 12.1 Å². The highest BCUT2D eigenvalue weighted by molar-refractivity contribution is 6.31. The molecule has 0 aromatic heterocycles. The van der Waals surface area contributed by atoms with E-state index in [1.165, 1.54) is 18.2 Å². The molecule has 0 aliphatic carbocycles. The van der Waals surface area contributed by atoms with Gasteiger partial charge in [0.05, 0.1) is 17.7 Å². The van der Waals surface area contributed by atoms with Gasteiger partial charge in [0, 0.05) is 0 Å². The van der Waals surface area contributed by atoms with Crippen LogP contribution in [0.4, 0.5) is 8.78 Å². The maximum Gasteiger partial charge on any atom is 0.379 e. The molecular weight excluding hydrogens is 230 g/mol. The first-order chi connectivity index (χ1) is 6.91. The fourth-order valence-corrected chi connectivity index (χ4v) is 1.37. The maximum atomic E-state index is 13.2. The normalized spacial score (nSPS) is 11.2.